The van der Waals surface area contributed by atoms with E-state index in [0.717, 1.165) is 0 Å². The van der Waals surface area contributed by atoms with E-state index in [4.69, 9.17) is 5.73 Å². The van der Waals surface area contributed by atoms with E-state index in [1.54, 1.807) is 12.2 Å². The molecule has 3 N–H and O–H groups in total. The van der Waals surface area contributed by atoms with Crippen molar-refractivity contribution in [2.24, 2.45) is 5.92 Å². The second-order valence-corrected chi connectivity index (χ2v) is 5.07. The van der Waals surface area contributed by atoms with Crippen molar-refractivity contribution < 1.29 is 31.1 Å². The number of aryl methyl sites for hydroxylation is 1. The fourth-order valence-corrected chi connectivity index (χ4v) is 2.27. The molecule has 0 radical (unpaired) electrons. The number of nitrogens with two attached hydrogens (primary N) is 1. The first-order valence-corrected chi connectivity index (χ1v) is 6.13. The second-order valence-electron chi connectivity index (χ2n) is 4.22. The smallest absolute Gasteiger partial charge is 0.397 e. The average molecular weight is 379 g/mol. The van der Waals surface area contributed by atoms with E-state index >= 15 is 0 Å². The molecule has 1 aromatic carbocycles. The molecule has 0 spiro atoms. The van der Waals surface area contributed by atoms with Gasteiger partial charge in [0, 0.05) is 4.47 Å². The standard InChI is InChI=1S/C11H9BrF6N2O/c1-4-2-5(12)7(6(19)3-4)20-9(21)8(10(13,14)15)11(16,17)18/h2-3,8H,19H2,1H3,(H,20,21). The van der Waals surface area contributed by atoms with Crippen molar-refractivity contribution in [3.8, 4) is 0 Å². The zero-order chi connectivity index (χ0) is 16.6. The van der Waals surface area contributed by atoms with Crippen molar-refractivity contribution in [3.05, 3.63) is 22.2 Å². The number of alkyl halides is 6. The Kier molecular flexibility index (Phi) is 4.81. The highest BCUT2D eigenvalue weighted by Gasteiger charge is 2.61. The highest BCUT2D eigenvalue weighted by atomic mass is 79.9. The minimum absolute atomic E-state index is 0.0800. The van der Waals surface area contributed by atoms with Crippen LogP contribution in [0.5, 0.6) is 0 Å². The predicted octanol–water partition coefficient (Wildman–Crippen LogP) is 4.02. The molecule has 0 aliphatic heterocycles. The van der Waals surface area contributed by atoms with Crippen LogP contribution in [-0.2, 0) is 4.79 Å². The quantitative estimate of drug-likeness (QED) is 0.603. The number of amides is 1. The third kappa shape index (κ3) is 4.26. The molecule has 3 nitrogen and oxygen atoms in total. The Morgan fingerprint density at radius 1 is 1.19 bits per heavy atom. The number of rotatable bonds is 2. The third-order valence-corrected chi connectivity index (χ3v) is 3.06. The maximum atomic E-state index is 12.4. The molecule has 0 bridgehead atoms. The van der Waals surface area contributed by atoms with Crippen molar-refractivity contribution >= 4 is 33.2 Å². The molecule has 0 aromatic heterocycles. The maximum Gasteiger partial charge on any atom is 0.409 e. The molecule has 0 heterocycles. The molecule has 1 aromatic rings. The van der Waals surface area contributed by atoms with Crippen molar-refractivity contribution in [2.75, 3.05) is 11.1 Å². The lowest BCUT2D eigenvalue weighted by Gasteiger charge is -2.22. The Hall–Kier alpha value is -1.45. The zero-order valence-corrected chi connectivity index (χ0v) is 11.9. The summed E-state index contributed by atoms with van der Waals surface area (Å²) in [4.78, 5) is 11.4. The Balaban J connectivity index is 3.15. The molecule has 118 valence electrons. The topological polar surface area (TPSA) is 55.1 Å². The van der Waals surface area contributed by atoms with E-state index in [0.29, 0.717) is 5.56 Å². The monoisotopic (exact) mass is 378 g/mol. The van der Waals surface area contributed by atoms with E-state index < -0.39 is 24.2 Å². The van der Waals surface area contributed by atoms with Gasteiger partial charge >= 0.3 is 12.4 Å². The van der Waals surface area contributed by atoms with Gasteiger partial charge in [-0.25, -0.2) is 0 Å². The lowest BCUT2D eigenvalue weighted by atomic mass is 10.1. The lowest BCUT2D eigenvalue weighted by molar-refractivity contribution is -0.272. The average Bonchev–Trinajstić information content (AvgIpc) is 2.18. The summed E-state index contributed by atoms with van der Waals surface area (Å²) in [6.07, 6.45) is -11.5. The largest absolute Gasteiger partial charge is 0.409 e. The summed E-state index contributed by atoms with van der Waals surface area (Å²) in [7, 11) is 0. The number of nitrogen functional groups attached to an aromatic ring is 1. The summed E-state index contributed by atoms with van der Waals surface area (Å²) in [5.41, 5.74) is 5.60. The van der Waals surface area contributed by atoms with E-state index in [1.165, 1.54) is 12.1 Å². The number of halogens is 7. The van der Waals surface area contributed by atoms with E-state index in [-0.39, 0.29) is 15.8 Å². The molecule has 1 rings (SSSR count). The van der Waals surface area contributed by atoms with Crippen LogP contribution in [0.2, 0.25) is 0 Å². The van der Waals surface area contributed by atoms with Crippen LogP contribution in [-0.4, -0.2) is 18.3 Å². The fraction of sp³-hybridized carbons (Fsp3) is 0.364. The van der Waals surface area contributed by atoms with Gasteiger partial charge in [0.15, 0.2) is 0 Å². The number of anilines is 2. The molecule has 1 amide bonds. The van der Waals surface area contributed by atoms with Crippen LogP contribution in [0.15, 0.2) is 16.6 Å². The van der Waals surface area contributed by atoms with E-state index in [2.05, 4.69) is 15.9 Å². The summed E-state index contributed by atoms with van der Waals surface area (Å²) in [5.74, 6) is -6.37. The molecule has 0 unspecified atom stereocenters. The second kappa shape index (κ2) is 5.74. The molecule has 0 atom stereocenters. The fourth-order valence-electron chi connectivity index (χ4n) is 1.58. The number of nitrogens with one attached hydrogen (secondary N) is 1. The van der Waals surface area contributed by atoms with Crippen LogP contribution >= 0.6 is 15.9 Å². The zero-order valence-electron chi connectivity index (χ0n) is 10.4. The van der Waals surface area contributed by atoms with Gasteiger partial charge in [-0.3, -0.25) is 4.79 Å². The normalized spacial score (nSPS) is 12.6. The Bertz CT molecular complexity index is 518. The highest BCUT2D eigenvalue weighted by molar-refractivity contribution is 9.10. The van der Waals surface area contributed by atoms with Gasteiger partial charge in [-0.2, -0.15) is 26.3 Å². The minimum atomic E-state index is -5.76. The predicted molar refractivity (Wildman–Crippen MR) is 67.5 cm³/mol. The van der Waals surface area contributed by atoms with Crippen molar-refractivity contribution in [1.82, 2.24) is 0 Å². The highest BCUT2D eigenvalue weighted by Crippen LogP contribution is 2.41. The summed E-state index contributed by atoms with van der Waals surface area (Å²) in [6, 6.07) is 2.69. The van der Waals surface area contributed by atoms with Gasteiger partial charge in [-0.15, -0.1) is 0 Å². The van der Waals surface area contributed by atoms with Crippen LogP contribution in [0.4, 0.5) is 37.7 Å². The molecule has 0 aliphatic carbocycles. The number of benzene rings is 1. The first-order valence-electron chi connectivity index (χ1n) is 5.34. The summed E-state index contributed by atoms with van der Waals surface area (Å²) in [6.45, 7) is 1.61. The summed E-state index contributed by atoms with van der Waals surface area (Å²) < 4.78 is 74.5. The minimum Gasteiger partial charge on any atom is -0.397 e. The Morgan fingerprint density at radius 3 is 2.05 bits per heavy atom. The lowest BCUT2D eigenvalue weighted by Crippen LogP contribution is -2.45. The van der Waals surface area contributed by atoms with Gasteiger partial charge in [0.1, 0.15) is 0 Å². The van der Waals surface area contributed by atoms with Crippen LogP contribution < -0.4 is 11.1 Å². The first kappa shape index (κ1) is 17.6. The van der Waals surface area contributed by atoms with Gasteiger partial charge in [0.05, 0.1) is 11.4 Å². The van der Waals surface area contributed by atoms with Crippen LogP contribution in [0.25, 0.3) is 0 Å². The molecular weight excluding hydrogens is 370 g/mol. The third-order valence-electron chi connectivity index (χ3n) is 2.43. The SMILES string of the molecule is Cc1cc(N)c(NC(=O)C(C(F)(F)F)C(F)(F)F)c(Br)c1. The van der Waals surface area contributed by atoms with Gasteiger partial charge in [0.25, 0.3) is 0 Å². The van der Waals surface area contributed by atoms with Gasteiger partial charge in [0.2, 0.25) is 11.8 Å². The van der Waals surface area contributed by atoms with Crippen molar-refractivity contribution in [3.63, 3.8) is 0 Å². The van der Waals surface area contributed by atoms with Gasteiger partial charge in [-0.05, 0) is 40.5 Å². The number of hydrogen-bond donors (Lipinski definition) is 2. The molecule has 0 saturated heterocycles. The first-order chi connectivity index (χ1) is 9.34. The number of hydrogen-bond acceptors (Lipinski definition) is 2. The molecule has 0 aliphatic rings. The number of carbonyl (C=O) groups is 1. The van der Waals surface area contributed by atoms with Crippen molar-refractivity contribution in [2.45, 2.75) is 19.3 Å². The molecular formula is C11H9BrF6N2O. The van der Waals surface area contributed by atoms with Crippen molar-refractivity contribution in [1.29, 1.82) is 0 Å². The number of carbonyl (C=O) groups excluding carboxylic acids is 1. The molecule has 0 saturated carbocycles. The van der Waals surface area contributed by atoms with Crippen LogP contribution in [0, 0.1) is 12.8 Å². The molecule has 21 heavy (non-hydrogen) atoms. The summed E-state index contributed by atoms with van der Waals surface area (Å²) >= 11 is 2.92. The van der Waals surface area contributed by atoms with Gasteiger partial charge < -0.3 is 11.1 Å². The van der Waals surface area contributed by atoms with E-state index in [9.17, 15) is 31.1 Å². The Morgan fingerprint density at radius 2 is 1.67 bits per heavy atom. The maximum absolute atomic E-state index is 12.4. The van der Waals surface area contributed by atoms with E-state index in [1.807, 2.05) is 0 Å². The van der Waals surface area contributed by atoms with Gasteiger partial charge in [-0.1, -0.05) is 0 Å². The van der Waals surface area contributed by atoms with Crippen LogP contribution in [0.3, 0.4) is 0 Å². The summed E-state index contributed by atoms with van der Waals surface area (Å²) in [5, 5.41) is 1.57. The Labute approximate surface area is 123 Å². The van der Waals surface area contributed by atoms with Crippen LogP contribution in [0.1, 0.15) is 5.56 Å². The molecule has 0 fully saturated rings. The molecule has 10 heteroatoms.